The molecule has 0 aliphatic rings. The molecule has 3 aromatic heterocycles. The van der Waals surface area contributed by atoms with Crippen LogP contribution in [0.5, 0.6) is 0 Å². The Labute approximate surface area is 153 Å². The summed E-state index contributed by atoms with van der Waals surface area (Å²) < 4.78 is 0. The van der Waals surface area contributed by atoms with Gasteiger partial charge in [0.15, 0.2) is 5.82 Å². The maximum atomic E-state index is 11.2. The molecule has 0 saturated heterocycles. The molecule has 7 heteroatoms. The second-order valence-electron chi connectivity index (χ2n) is 5.72. The first-order valence-corrected chi connectivity index (χ1v) is 8.71. The number of fused-ring (bicyclic) bond motifs is 1. The first-order valence-electron chi connectivity index (χ1n) is 7.89. The average molecular weight is 362 g/mol. The van der Waals surface area contributed by atoms with Gasteiger partial charge in [-0.05, 0) is 43.3 Å². The number of hydrogen-bond donors (Lipinski definition) is 2. The topological polar surface area (TPSA) is 88.0 Å². The Morgan fingerprint density at radius 1 is 1.15 bits per heavy atom. The van der Waals surface area contributed by atoms with Crippen molar-refractivity contribution in [2.45, 2.75) is 6.92 Å². The third kappa shape index (κ3) is 3.12. The molecule has 0 saturated carbocycles. The minimum atomic E-state index is -0.969. The molecule has 0 bridgehead atoms. The number of anilines is 2. The first-order chi connectivity index (χ1) is 12.6. The van der Waals surface area contributed by atoms with Gasteiger partial charge >= 0.3 is 5.97 Å². The summed E-state index contributed by atoms with van der Waals surface area (Å²) in [6.45, 7) is 2.02. The fourth-order valence-corrected chi connectivity index (χ4v) is 3.51. The Kier molecular flexibility index (Phi) is 4.06. The number of pyridine rings is 1. The molecule has 0 atom stereocenters. The van der Waals surface area contributed by atoms with E-state index in [2.05, 4.69) is 20.3 Å². The molecule has 0 aliphatic heterocycles. The van der Waals surface area contributed by atoms with E-state index in [1.165, 1.54) is 0 Å². The van der Waals surface area contributed by atoms with Crippen LogP contribution in [0, 0.1) is 6.92 Å². The summed E-state index contributed by atoms with van der Waals surface area (Å²) in [6, 6.07) is 12.4. The van der Waals surface area contributed by atoms with Crippen molar-refractivity contribution in [3.05, 3.63) is 65.3 Å². The molecule has 0 unspecified atom stereocenters. The van der Waals surface area contributed by atoms with Crippen molar-refractivity contribution in [2.75, 3.05) is 5.32 Å². The van der Waals surface area contributed by atoms with Gasteiger partial charge in [-0.3, -0.25) is 4.98 Å². The van der Waals surface area contributed by atoms with Crippen molar-refractivity contribution < 1.29 is 9.90 Å². The van der Waals surface area contributed by atoms with E-state index < -0.39 is 5.97 Å². The normalized spacial score (nSPS) is 10.8. The number of rotatable bonds is 4. The summed E-state index contributed by atoms with van der Waals surface area (Å²) in [6.07, 6.45) is 3.42. The smallest absolute Gasteiger partial charge is 0.335 e. The van der Waals surface area contributed by atoms with Gasteiger partial charge in [0.05, 0.1) is 10.9 Å². The Morgan fingerprint density at radius 3 is 2.81 bits per heavy atom. The fraction of sp³-hybridized carbons (Fsp3) is 0.0526. The summed E-state index contributed by atoms with van der Waals surface area (Å²) in [4.78, 5) is 26.6. The predicted octanol–water partition coefficient (Wildman–Crippen LogP) is 4.50. The fourth-order valence-electron chi connectivity index (χ4n) is 2.63. The molecule has 0 spiro atoms. The lowest BCUT2D eigenvalue weighted by Gasteiger charge is -2.09. The van der Waals surface area contributed by atoms with Crippen LogP contribution in [-0.4, -0.2) is 26.0 Å². The van der Waals surface area contributed by atoms with Crippen LogP contribution < -0.4 is 5.32 Å². The van der Waals surface area contributed by atoms with Crippen molar-refractivity contribution in [1.82, 2.24) is 15.0 Å². The van der Waals surface area contributed by atoms with Crippen molar-refractivity contribution in [3.8, 4) is 11.4 Å². The Hall–Kier alpha value is -3.32. The van der Waals surface area contributed by atoms with Crippen LogP contribution in [0.1, 0.15) is 15.2 Å². The quantitative estimate of drug-likeness (QED) is 0.555. The number of hydrogen-bond acceptors (Lipinski definition) is 6. The van der Waals surface area contributed by atoms with Crippen molar-refractivity contribution in [1.29, 1.82) is 0 Å². The number of nitrogens with zero attached hydrogens (tertiary/aromatic N) is 3. The highest BCUT2D eigenvalue weighted by Gasteiger charge is 2.13. The van der Waals surface area contributed by atoms with Crippen molar-refractivity contribution in [3.63, 3.8) is 0 Å². The Morgan fingerprint density at radius 2 is 2.04 bits per heavy atom. The van der Waals surface area contributed by atoms with Crippen LogP contribution in [0.3, 0.4) is 0 Å². The highest BCUT2D eigenvalue weighted by Crippen LogP contribution is 2.32. The van der Waals surface area contributed by atoms with E-state index >= 15 is 0 Å². The summed E-state index contributed by atoms with van der Waals surface area (Å²) in [5.41, 5.74) is 1.70. The van der Waals surface area contributed by atoms with Crippen LogP contribution in [-0.2, 0) is 0 Å². The monoisotopic (exact) mass is 362 g/mol. The third-order valence-electron chi connectivity index (χ3n) is 3.81. The van der Waals surface area contributed by atoms with E-state index in [0.717, 1.165) is 20.7 Å². The van der Waals surface area contributed by atoms with Crippen molar-refractivity contribution in [2.24, 2.45) is 0 Å². The molecular weight excluding hydrogens is 348 g/mol. The Bertz CT molecular complexity index is 1110. The summed E-state index contributed by atoms with van der Waals surface area (Å²) in [7, 11) is 0. The number of benzene rings is 1. The summed E-state index contributed by atoms with van der Waals surface area (Å²) >= 11 is 1.59. The summed E-state index contributed by atoms with van der Waals surface area (Å²) in [5.74, 6) is 0.244. The molecule has 2 N–H and O–H groups in total. The molecule has 3 heterocycles. The van der Waals surface area contributed by atoms with Gasteiger partial charge in [-0.2, -0.15) is 0 Å². The second kappa shape index (κ2) is 6.53. The largest absolute Gasteiger partial charge is 0.478 e. The van der Waals surface area contributed by atoms with Gasteiger partial charge in [0.1, 0.15) is 10.6 Å². The molecule has 0 radical (unpaired) electrons. The standard InChI is InChI=1S/C19H14N4O2S/c1-11-8-15-17(21-14-6-2-4-12(9-14)19(24)25)22-16(23-18(15)26-11)13-5-3-7-20-10-13/h2-10H,1H3,(H,24,25)(H,21,22,23). The minimum Gasteiger partial charge on any atom is -0.478 e. The third-order valence-corrected chi connectivity index (χ3v) is 4.75. The van der Waals surface area contributed by atoms with Gasteiger partial charge in [-0.25, -0.2) is 14.8 Å². The zero-order chi connectivity index (χ0) is 18.1. The lowest BCUT2D eigenvalue weighted by Crippen LogP contribution is -2.00. The molecule has 128 valence electrons. The number of aromatic nitrogens is 3. The minimum absolute atomic E-state index is 0.217. The van der Waals surface area contributed by atoms with Crippen LogP contribution in [0.15, 0.2) is 54.9 Å². The number of aromatic carboxylic acids is 1. The molecule has 26 heavy (non-hydrogen) atoms. The zero-order valence-corrected chi connectivity index (χ0v) is 14.6. The Balaban J connectivity index is 1.83. The van der Waals surface area contributed by atoms with Crippen molar-refractivity contribution >= 4 is 39.0 Å². The van der Waals surface area contributed by atoms with Gasteiger partial charge in [0.25, 0.3) is 0 Å². The average Bonchev–Trinajstić information content (AvgIpc) is 3.03. The van der Waals surface area contributed by atoms with Gasteiger partial charge in [-0.1, -0.05) is 6.07 Å². The van der Waals surface area contributed by atoms with Crippen LogP contribution in [0.25, 0.3) is 21.6 Å². The van der Waals surface area contributed by atoms with Gasteiger partial charge in [0, 0.05) is 28.5 Å². The molecular formula is C19H14N4O2S. The molecule has 0 amide bonds. The van der Waals surface area contributed by atoms with Crippen LogP contribution in [0.4, 0.5) is 11.5 Å². The number of carboxylic acids is 1. The molecule has 0 aliphatic carbocycles. The molecule has 0 fully saturated rings. The number of aryl methyl sites for hydroxylation is 1. The highest BCUT2D eigenvalue weighted by molar-refractivity contribution is 7.18. The van der Waals surface area contributed by atoms with E-state index in [4.69, 9.17) is 0 Å². The molecule has 6 nitrogen and oxygen atoms in total. The zero-order valence-electron chi connectivity index (χ0n) is 13.8. The van der Waals surface area contributed by atoms with Crippen LogP contribution >= 0.6 is 11.3 Å². The lowest BCUT2D eigenvalue weighted by molar-refractivity contribution is 0.0697. The molecule has 1 aromatic carbocycles. The van der Waals surface area contributed by atoms with Gasteiger partial charge in [-0.15, -0.1) is 11.3 Å². The number of nitrogens with one attached hydrogen (secondary N) is 1. The van der Waals surface area contributed by atoms with E-state index in [1.54, 1.807) is 41.9 Å². The van der Waals surface area contributed by atoms with E-state index in [9.17, 15) is 9.90 Å². The lowest BCUT2D eigenvalue weighted by atomic mass is 10.2. The van der Waals surface area contributed by atoms with Gasteiger partial charge in [0.2, 0.25) is 0 Å². The first kappa shape index (κ1) is 16.2. The van der Waals surface area contributed by atoms with E-state index in [1.807, 2.05) is 31.2 Å². The van der Waals surface area contributed by atoms with Gasteiger partial charge < -0.3 is 10.4 Å². The maximum absolute atomic E-state index is 11.2. The number of thiophene rings is 1. The highest BCUT2D eigenvalue weighted by atomic mass is 32.1. The van der Waals surface area contributed by atoms with Crippen LogP contribution in [0.2, 0.25) is 0 Å². The number of carbonyl (C=O) groups is 1. The maximum Gasteiger partial charge on any atom is 0.335 e. The molecule has 4 aromatic rings. The second-order valence-corrected chi connectivity index (χ2v) is 6.96. The van der Waals surface area contributed by atoms with E-state index in [-0.39, 0.29) is 5.56 Å². The van der Waals surface area contributed by atoms with E-state index in [0.29, 0.717) is 17.3 Å². The number of carboxylic acid groups (broad SMARTS) is 1. The summed E-state index contributed by atoms with van der Waals surface area (Å²) in [5, 5.41) is 13.3. The SMILES string of the molecule is Cc1cc2c(Nc3cccc(C(=O)O)c3)nc(-c3cccnc3)nc2s1. The molecule has 4 rings (SSSR count). The predicted molar refractivity (Wildman–Crippen MR) is 102 cm³/mol.